The molecule has 3 aromatic carbocycles. The van der Waals surface area contributed by atoms with Gasteiger partial charge in [-0.2, -0.15) is 5.26 Å². The van der Waals surface area contributed by atoms with E-state index in [0.717, 1.165) is 5.56 Å². The predicted octanol–water partition coefficient (Wildman–Crippen LogP) is 5.61. The number of nitrogens with one attached hydrogen (secondary N) is 1. The van der Waals surface area contributed by atoms with E-state index in [1.165, 1.54) is 6.08 Å². The van der Waals surface area contributed by atoms with Gasteiger partial charge in [-0.25, -0.2) is 0 Å². The van der Waals surface area contributed by atoms with Crippen molar-refractivity contribution in [2.75, 3.05) is 18.5 Å². The Balaban J connectivity index is 1.76. The Hall–Kier alpha value is -4.24. The summed E-state index contributed by atoms with van der Waals surface area (Å²) in [6.45, 7) is 5.15. The van der Waals surface area contributed by atoms with E-state index in [-0.39, 0.29) is 5.57 Å². The first kappa shape index (κ1) is 23.4. The van der Waals surface area contributed by atoms with Gasteiger partial charge in [0.15, 0.2) is 11.5 Å². The number of rotatable bonds is 10. The van der Waals surface area contributed by atoms with Gasteiger partial charge in [0.2, 0.25) is 0 Å². The monoisotopic (exact) mass is 442 g/mol. The maximum atomic E-state index is 12.7. The molecule has 0 heterocycles. The number of hydrogen-bond donors (Lipinski definition) is 1. The fourth-order valence-electron chi connectivity index (χ4n) is 3.08. The molecule has 0 spiro atoms. The van der Waals surface area contributed by atoms with Crippen molar-refractivity contribution < 1.29 is 19.0 Å². The molecule has 3 aromatic rings. The zero-order chi connectivity index (χ0) is 23.5. The Morgan fingerprint density at radius 2 is 1.70 bits per heavy atom. The first-order chi connectivity index (χ1) is 16.1. The van der Waals surface area contributed by atoms with Crippen molar-refractivity contribution >= 4 is 17.7 Å². The molecule has 168 valence electrons. The molecule has 3 rings (SSSR count). The van der Waals surface area contributed by atoms with Gasteiger partial charge in [0, 0.05) is 11.8 Å². The molecule has 0 aromatic heterocycles. The summed E-state index contributed by atoms with van der Waals surface area (Å²) >= 11 is 0. The average molecular weight is 443 g/mol. The van der Waals surface area contributed by atoms with E-state index in [9.17, 15) is 10.1 Å². The molecule has 0 bridgehead atoms. The number of carbonyl (C=O) groups is 1. The van der Waals surface area contributed by atoms with Gasteiger partial charge in [0.1, 0.15) is 24.0 Å². The summed E-state index contributed by atoms with van der Waals surface area (Å²) in [6.07, 6.45) is 1.52. The molecule has 0 radical (unpaired) electrons. The van der Waals surface area contributed by atoms with Crippen molar-refractivity contribution in [2.45, 2.75) is 20.5 Å². The molecular weight excluding hydrogens is 416 g/mol. The Bertz CT molecular complexity index is 1150. The number of benzene rings is 3. The van der Waals surface area contributed by atoms with Crippen LogP contribution in [0.5, 0.6) is 17.2 Å². The van der Waals surface area contributed by atoms with E-state index in [1.807, 2.05) is 50.2 Å². The van der Waals surface area contributed by atoms with Crippen molar-refractivity contribution in [2.24, 2.45) is 0 Å². The third-order valence-electron chi connectivity index (χ3n) is 4.58. The first-order valence-corrected chi connectivity index (χ1v) is 10.7. The number of nitriles is 1. The van der Waals surface area contributed by atoms with E-state index in [4.69, 9.17) is 14.2 Å². The van der Waals surface area contributed by atoms with Gasteiger partial charge in [-0.1, -0.05) is 42.5 Å². The molecule has 33 heavy (non-hydrogen) atoms. The fraction of sp³-hybridized carbons (Fsp3) is 0.185. The van der Waals surface area contributed by atoms with Gasteiger partial charge in [-0.15, -0.1) is 0 Å². The number of ether oxygens (including phenoxy) is 3. The first-order valence-electron chi connectivity index (χ1n) is 10.7. The minimum atomic E-state index is -0.506. The molecule has 0 atom stereocenters. The van der Waals surface area contributed by atoms with Crippen LogP contribution in [0.2, 0.25) is 0 Å². The molecule has 1 N–H and O–H groups in total. The highest BCUT2D eigenvalue weighted by Gasteiger charge is 2.12. The van der Waals surface area contributed by atoms with Gasteiger partial charge < -0.3 is 19.5 Å². The Kier molecular flexibility index (Phi) is 8.49. The highest BCUT2D eigenvalue weighted by atomic mass is 16.5. The van der Waals surface area contributed by atoms with E-state index >= 15 is 0 Å². The molecule has 1 amide bonds. The lowest BCUT2D eigenvalue weighted by Gasteiger charge is -2.13. The second-order valence-corrected chi connectivity index (χ2v) is 7.00. The predicted molar refractivity (Wildman–Crippen MR) is 128 cm³/mol. The molecule has 6 nitrogen and oxygen atoms in total. The maximum Gasteiger partial charge on any atom is 0.266 e. The highest BCUT2D eigenvalue weighted by Crippen LogP contribution is 2.30. The fourth-order valence-corrected chi connectivity index (χ4v) is 3.08. The minimum absolute atomic E-state index is 0.0304. The molecule has 0 aliphatic heterocycles. The third-order valence-corrected chi connectivity index (χ3v) is 4.58. The van der Waals surface area contributed by atoms with Crippen molar-refractivity contribution in [3.63, 3.8) is 0 Å². The number of nitrogens with zero attached hydrogens (tertiary/aromatic N) is 1. The lowest BCUT2D eigenvalue weighted by Crippen LogP contribution is -2.13. The van der Waals surface area contributed by atoms with E-state index in [1.54, 1.807) is 42.5 Å². The minimum Gasteiger partial charge on any atom is -0.494 e. The number of anilines is 1. The van der Waals surface area contributed by atoms with Crippen molar-refractivity contribution in [1.29, 1.82) is 5.26 Å². The number of carbonyl (C=O) groups excluding carboxylic acids is 1. The molecule has 0 saturated carbocycles. The van der Waals surface area contributed by atoms with Crippen LogP contribution >= 0.6 is 0 Å². The zero-order valence-electron chi connectivity index (χ0n) is 18.7. The molecule has 0 fully saturated rings. The summed E-state index contributed by atoms with van der Waals surface area (Å²) in [6, 6.07) is 24.1. The van der Waals surface area contributed by atoms with Crippen LogP contribution in [0.25, 0.3) is 6.08 Å². The third kappa shape index (κ3) is 6.88. The number of amides is 1. The second kappa shape index (κ2) is 12.0. The summed E-state index contributed by atoms with van der Waals surface area (Å²) in [5, 5.41) is 12.3. The lowest BCUT2D eigenvalue weighted by atomic mass is 10.1. The SMILES string of the molecule is CCOc1cccc(NC(=O)/C(C#N)=C/c2ccc(OCc3ccccc3)c(OCC)c2)c1. The zero-order valence-corrected chi connectivity index (χ0v) is 18.7. The molecule has 0 aliphatic carbocycles. The van der Waals surface area contributed by atoms with Gasteiger partial charge in [-0.05, 0) is 55.3 Å². The van der Waals surface area contributed by atoms with Crippen LogP contribution in [0.3, 0.4) is 0 Å². The van der Waals surface area contributed by atoms with Crippen LogP contribution < -0.4 is 19.5 Å². The molecule has 0 unspecified atom stereocenters. The van der Waals surface area contributed by atoms with Gasteiger partial charge in [0.25, 0.3) is 5.91 Å². The van der Waals surface area contributed by atoms with Gasteiger partial charge in [-0.3, -0.25) is 4.79 Å². The van der Waals surface area contributed by atoms with Crippen molar-refractivity contribution in [1.82, 2.24) is 0 Å². The summed E-state index contributed by atoms with van der Waals surface area (Å²) < 4.78 is 17.1. The summed E-state index contributed by atoms with van der Waals surface area (Å²) in [7, 11) is 0. The molecular formula is C27H26N2O4. The normalized spacial score (nSPS) is 10.8. The van der Waals surface area contributed by atoms with Crippen LogP contribution in [-0.2, 0) is 11.4 Å². The summed E-state index contributed by atoms with van der Waals surface area (Å²) in [5.41, 5.74) is 2.21. The highest BCUT2D eigenvalue weighted by molar-refractivity contribution is 6.09. The molecule has 0 saturated heterocycles. The van der Waals surface area contributed by atoms with Crippen LogP contribution in [0, 0.1) is 11.3 Å². The van der Waals surface area contributed by atoms with Crippen molar-refractivity contribution in [3.05, 3.63) is 89.5 Å². The van der Waals surface area contributed by atoms with Crippen LogP contribution in [0.15, 0.2) is 78.4 Å². The summed E-state index contributed by atoms with van der Waals surface area (Å²) in [5.74, 6) is 1.27. The largest absolute Gasteiger partial charge is 0.494 e. The van der Waals surface area contributed by atoms with Gasteiger partial charge >= 0.3 is 0 Å². The quantitative estimate of drug-likeness (QED) is 0.326. The van der Waals surface area contributed by atoms with Crippen LogP contribution in [0.1, 0.15) is 25.0 Å². The smallest absolute Gasteiger partial charge is 0.266 e. The Morgan fingerprint density at radius 1 is 0.909 bits per heavy atom. The summed E-state index contributed by atoms with van der Waals surface area (Å²) in [4.78, 5) is 12.7. The topological polar surface area (TPSA) is 80.6 Å². The average Bonchev–Trinajstić information content (AvgIpc) is 2.83. The molecule has 0 aliphatic rings. The maximum absolute atomic E-state index is 12.7. The van der Waals surface area contributed by atoms with Crippen LogP contribution in [-0.4, -0.2) is 19.1 Å². The number of hydrogen-bond acceptors (Lipinski definition) is 5. The van der Waals surface area contributed by atoms with Gasteiger partial charge in [0.05, 0.1) is 13.2 Å². The van der Waals surface area contributed by atoms with E-state index < -0.39 is 5.91 Å². The second-order valence-electron chi connectivity index (χ2n) is 7.00. The van der Waals surface area contributed by atoms with Crippen molar-refractivity contribution in [3.8, 4) is 23.3 Å². The Morgan fingerprint density at radius 3 is 2.42 bits per heavy atom. The van der Waals surface area contributed by atoms with E-state index in [0.29, 0.717) is 48.3 Å². The Labute approximate surface area is 194 Å². The van der Waals surface area contributed by atoms with E-state index in [2.05, 4.69) is 5.32 Å². The van der Waals surface area contributed by atoms with Crippen LogP contribution in [0.4, 0.5) is 5.69 Å². The molecule has 6 heteroatoms. The standard InChI is InChI=1S/C27H26N2O4/c1-3-31-24-12-8-11-23(17-24)29-27(30)22(18-28)15-21-13-14-25(26(16-21)32-4-2)33-19-20-9-6-5-7-10-20/h5-17H,3-4,19H2,1-2H3,(H,29,30)/b22-15+. The lowest BCUT2D eigenvalue weighted by molar-refractivity contribution is -0.112.